The number of methoxy groups -OCH3 is 1. The first-order valence-electron chi connectivity index (χ1n) is 8.43. The van der Waals surface area contributed by atoms with Gasteiger partial charge in [-0.1, -0.05) is 31.0 Å². The second kappa shape index (κ2) is 7.14. The SMILES string of the molecule is COc1ccccc1CCNC(=O)C1CC2CCCCC2N1. The number of para-hydroxylation sites is 1. The van der Waals surface area contributed by atoms with Crippen molar-refractivity contribution in [1.29, 1.82) is 0 Å². The molecule has 2 fully saturated rings. The fraction of sp³-hybridized carbons (Fsp3) is 0.611. The van der Waals surface area contributed by atoms with E-state index in [0.717, 1.165) is 24.2 Å². The minimum absolute atomic E-state index is 0.00534. The number of hydrogen-bond acceptors (Lipinski definition) is 3. The molecule has 0 bridgehead atoms. The fourth-order valence-corrected chi connectivity index (χ4v) is 3.87. The minimum Gasteiger partial charge on any atom is -0.496 e. The van der Waals surface area contributed by atoms with Crippen LogP contribution in [0.1, 0.15) is 37.7 Å². The predicted octanol–water partition coefficient (Wildman–Crippen LogP) is 2.27. The molecule has 2 aliphatic rings. The van der Waals surface area contributed by atoms with Gasteiger partial charge in [-0.25, -0.2) is 0 Å². The van der Waals surface area contributed by atoms with Gasteiger partial charge < -0.3 is 15.4 Å². The zero-order valence-electron chi connectivity index (χ0n) is 13.3. The standard InChI is InChI=1S/C18H26N2O2/c1-22-17-9-5-3-6-13(17)10-11-19-18(21)16-12-14-7-2-4-8-15(14)20-16/h3,5-6,9,14-16,20H,2,4,7-8,10-12H2,1H3,(H,19,21). The van der Waals surface area contributed by atoms with Crippen molar-refractivity contribution in [3.8, 4) is 5.75 Å². The highest BCUT2D eigenvalue weighted by Crippen LogP contribution is 2.33. The van der Waals surface area contributed by atoms with Gasteiger partial charge in [-0.15, -0.1) is 0 Å². The van der Waals surface area contributed by atoms with E-state index in [2.05, 4.69) is 10.6 Å². The van der Waals surface area contributed by atoms with Gasteiger partial charge in [-0.2, -0.15) is 0 Å². The van der Waals surface area contributed by atoms with E-state index in [1.54, 1.807) is 7.11 Å². The fourth-order valence-electron chi connectivity index (χ4n) is 3.87. The Labute approximate surface area is 132 Å². The minimum atomic E-state index is 0.00534. The number of carbonyl (C=O) groups excluding carboxylic acids is 1. The maximum atomic E-state index is 12.3. The first-order valence-corrected chi connectivity index (χ1v) is 8.43. The van der Waals surface area contributed by atoms with Crippen LogP contribution in [-0.4, -0.2) is 31.6 Å². The van der Waals surface area contributed by atoms with Crippen molar-refractivity contribution in [3.05, 3.63) is 29.8 Å². The van der Waals surface area contributed by atoms with E-state index >= 15 is 0 Å². The molecule has 1 saturated carbocycles. The van der Waals surface area contributed by atoms with Crippen molar-refractivity contribution >= 4 is 5.91 Å². The maximum Gasteiger partial charge on any atom is 0.237 e. The lowest BCUT2D eigenvalue weighted by Crippen LogP contribution is -2.43. The van der Waals surface area contributed by atoms with Gasteiger partial charge >= 0.3 is 0 Å². The Balaban J connectivity index is 1.46. The summed E-state index contributed by atoms with van der Waals surface area (Å²) in [5.74, 6) is 1.75. The molecule has 1 saturated heterocycles. The smallest absolute Gasteiger partial charge is 0.237 e. The van der Waals surface area contributed by atoms with Crippen molar-refractivity contribution in [2.24, 2.45) is 5.92 Å². The molecule has 1 heterocycles. The van der Waals surface area contributed by atoms with Crippen molar-refractivity contribution in [2.45, 2.75) is 50.6 Å². The zero-order chi connectivity index (χ0) is 15.4. The average Bonchev–Trinajstić information content (AvgIpc) is 2.99. The van der Waals surface area contributed by atoms with Crippen molar-refractivity contribution in [3.63, 3.8) is 0 Å². The zero-order valence-corrected chi connectivity index (χ0v) is 13.3. The molecule has 0 aromatic heterocycles. The highest BCUT2D eigenvalue weighted by Gasteiger charge is 2.37. The molecule has 0 radical (unpaired) electrons. The molecule has 2 N–H and O–H groups in total. The normalized spacial score (nSPS) is 27.2. The van der Waals surface area contributed by atoms with Gasteiger partial charge in [0.15, 0.2) is 0 Å². The Morgan fingerprint density at radius 3 is 2.95 bits per heavy atom. The molecular weight excluding hydrogens is 276 g/mol. The van der Waals surface area contributed by atoms with E-state index in [4.69, 9.17) is 4.74 Å². The summed E-state index contributed by atoms with van der Waals surface area (Å²) in [5.41, 5.74) is 1.14. The number of nitrogens with one attached hydrogen (secondary N) is 2. The van der Waals surface area contributed by atoms with Crippen LogP contribution in [0, 0.1) is 5.92 Å². The summed E-state index contributed by atoms with van der Waals surface area (Å²) in [4.78, 5) is 12.3. The van der Waals surface area contributed by atoms with Gasteiger partial charge in [0.2, 0.25) is 5.91 Å². The molecule has 3 atom stereocenters. The van der Waals surface area contributed by atoms with Crippen LogP contribution in [0.25, 0.3) is 0 Å². The Morgan fingerprint density at radius 1 is 1.32 bits per heavy atom. The van der Waals surface area contributed by atoms with E-state index < -0.39 is 0 Å². The van der Waals surface area contributed by atoms with Gasteiger partial charge in [-0.3, -0.25) is 4.79 Å². The molecule has 3 unspecified atom stereocenters. The summed E-state index contributed by atoms with van der Waals surface area (Å²) in [6.07, 6.45) is 6.94. The molecule has 1 aromatic carbocycles. The Bertz CT molecular complexity index is 504. The summed E-state index contributed by atoms with van der Waals surface area (Å²) in [6, 6.07) is 8.55. The topological polar surface area (TPSA) is 50.4 Å². The number of carbonyl (C=O) groups is 1. The van der Waals surface area contributed by atoms with E-state index in [0.29, 0.717) is 18.5 Å². The highest BCUT2D eigenvalue weighted by molar-refractivity contribution is 5.82. The van der Waals surface area contributed by atoms with Crippen LogP contribution >= 0.6 is 0 Å². The molecule has 1 aromatic rings. The number of fused-ring (bicyclic) bond motifs is 1. The lowest BCUT2D eigenvalue weighted by Gasteiger charge is -2.24. The number of hydrogen-bond donors (Lipinski definition) is 2. The third-order valence-corrected chi connectivity index (χ3v) is 5.07. The summed E-state index contributed by atoms with van der Waals surface area (Å²) < 4.78 is 5.34. The van der Waals surface area contributed by atoms with Gasteiger partial charge in [0.05, 0.1) is 13.2 Å². The second-order valence-electron chi connectivity index (χ2n) is 6.46. The summed E-state index contributed by atoms with van der Waals surface area (Å²) in [6.45, 7) is 0.659. The number of benzene rings is 1. The van der Waals surface area contributed by atoms with Crippen molar-refractivity contribution < 1.29 is 9.53 Å². The number of rotatable bonds is 5. The number of amides is 1. The largest absolute Gasteiger partial charge is 0.496 e. The van der Waals surface area contributed by atoms with Gasteiger partial charge in [0.25, 0.3) is 0 Å². The van der Waals surface area contributed by atoms with Gasteiger partial charge in [-0.05, 0) is 43.2 Å². The molecule has 0 spiro atoms. The Morgan fingerprint density at radius 2 is 2.14 bits per heavy atom. The summed E-state index contributed by atoms with van der Waals surface area (Å²) in [5, 5.41) is 6.60. The molecule has 22 heavy (non-hydrogen) atoms. The Hall–Kier alpha value is -1.55. The quantitative estimate of drug-likeness (QED) is 0.877. The third-order valence-electron chi connectivity index (χ3n) is 5.07. The molecule has 120 valence electrons. The van der Waals surface area contributed by atoms with Crippen molar-refractivity contribution in [1.82, 2.24) is 10.6 Å². The van der Waals surface area contributed by atoms with Crippen LogP contribution < -0.4 is 15.4 Å². The van der Waals surface area contributed by atoms with Crippen LogP contribution in [0.5, 0.6) is 5.75 Å². The predicted molar refractivity (Wildman–Crippen MR) is 87.0 cm³/mol. The second-order valence-corrected chi connectivity index (χ2v) is 6.46. The molecule has 1 aliphatic carbocycles. The first-order chi connectivity index (χ1) is 10.8. The van der Waals surface area contributed by atoms with Crippen LogP contribution in [0.2, 0.25) is 0 Å². The van der Waals surface area contributed by atoms with E-state index in [1.165, 1.54) is 25.7 Å². The van der Waals surface area contributed by atoms with Crippen LogP contribution in [0.3, 0.4) is 0 Å². The number of ether oxygens (including phenoxy) is 1. The van der Waals surface area contributed by atoms with E-state index in [9.17, 15) is 4.79 Å². The van der Waals surface area contributed by atoms with E-state index in [1.807, 2.05) is 24.3 Å². The third kappa shape index (κ3) is 3.43. The summed E-state index contributed by atoms with van der Waals surface area (Å²) >= 11 is 0. The summed E-state index contributed by atoms with van der Waals surface area (Å²) in [7, 11) is 1.68. The van der Waals surface area contributed by atoms with Crippen LogP contribution in [0.15, 0.2) is 24.3 Å². The van der Waals surface area contributed by atoms with Crippen LogP contribution in [-0.2, 0) is 11.2 Å². The van der Waals surface area contributed by atoms with Crippen molar-refractivity contribution in [2.75, 3.05) is 13.7 Å². The molecule has 1 amide bonds. The lowest BCUT2D eigenvalue weighted by atomic mass is 9.85. The first kappa shape index (κ1) is 15.3. The average molecular weight is 302 g/mol. The highest BCUT2D eigenvalue weighted by atomic mass is 16.5. The van der Waals surface area contributed by atoms with E-state index in [-0.39, 0.29) is 11.9 Å². The van der Waals surface area contributed by atoms with Crippen LogP contribution in [0.4, 0.5) is 0 Å². The van der Waals surface area contributed by atoms with Gasteiger partial charge in [0, 0.05) is 12.6 Å². The lowest BCUT2D eigenvalue weighted by molar-refractivity contribution is -0.122. The molecule has 4 heteroatoms. The molecule has 4 nitrogen and oxygen atoms in total. The maximum absolute atomic E-state index is 12.3. The molecule has 1 aliphatic heterocycles. The molecular formula is C18H26N2O2. The monoisotopic (exact) mass is 302 g/mol. The van der Waals surface area contributed by atoms with Gasteiger partial charge in [0.1, 0.15) is 5.75 Å². The molecule has 3 rings (SSSR count). The Kier molecular flexibility index (Phi) is 4.98.